The summed E-state index contributed by atoms with van der Waals surface area (Å²) in [7, 11) is 3.90. The number of amides is 1. The number of fused-ring (bicyclic) bond motifs is 1. The fourth-order valence-corrected chi connectivity index (χ4v) is 2.36. The van der Waals surface area contributed by atoms with Gasteiger partial charge >= 0.3 is 5.69 Å². The molecule has 1 aromatic heterocycles. The van der Waals surface area contributed by atoms with Crippen LogP contribution in [0.25, 0.3) is 11.0 Å². The van der Waals surface area contributed by atoms with Gasteiger partial charge < -0.3 is 20.3 Å². The van der Waals surface area contributed by atoms with Crippen molar-refractivity contribution in [3.05, 3.63) is 34.2 Å². The van der Waals surface area contributed by atoms with Crippen molar-refractivity contribution in [3.8, 4) is 0 Å². The standard InChI is InChI=1S/C16H24N4O3/c1-19(2)8-9-20-14-11-12(5-6-13(14)18-16(20)23)15(22)17-7-3-4-10-21/h5-6,11,21H,3-4,7-10H2,1-2H3,(H,17,22)(H,18,23). The molecule has 126 valence electrons. The van der Waals surface area contributed by atoms with Gasteiger partial charge in [0.2, 0.25) is 0 Å². The molecular weight excluding hydrogens is 296 g/mol. The van der Waals surface area contributed by atoms with Crippen LogP contribution in [-0.4, -0.2) is 59.3 Å². The summed E-state index contributed by atoms with van der Waals surface area (Å²) in [4.78, 5) is 29.0. The number of imidazole rings is 1. The van der Waals surface area contributed by atoms with E-state index < -0.39 is 0 Å². The zero-order valence-corrected chi connectivity index (χ0v) is 13.6. The maximum atomic E-state index is 12.2. The van der Waals surface area contributed by atoms with E-state index >= 15 is 0 Å². The summed E-state index contributed by atoms with van der Waals surface area (Å²) in [6.07, 6.45) is 1.41. The highest BCUT2D eigenvalue weighted by molar-refractivity contribution is 5.97. The number of benzene rings is 1. The molecule has 0 aliphatic heterocycles. The fourth-order valence-electron chi connectivity index (χ4n) is 2.36. The second-order valence-electron chi connectivity index (χ2n) is 5.80. The molecule has 2 rings (SSSR count). The Bertz CT molecular complexity index is 718. The van der Waals surface area contributed by atoms with Gasteiger partial charge in [0.1, 0.15) is 0 Å². The van der Waals surface area contributed by atoms with Crippen LogP contribution in [0, 0.1) is 0 Å². The average Bonchev–Trinajstić information content (AvgIpc) is 2.83. The summed E-state index contributed by atoms with van der Waals surface area (Å²) in [5, 5.41) is 11.6. The number of nitrogens with one attached hydrogen (secondary N) is 2. The van der Waals surface area contributed by atoms with E-state index in [1.54, 1.807) is 22.8 Å². The molecule has 0 saturated carbocycles. The molecule has 0 saturated heterocycles. The lowest BCUT2D eigenvalue weighted by atomic mass is 10.2. The zero-order chi connectivity index (χ0) is 16.8. The number of aliphatic hydroxyl groups excluding tert-OH is 1. The predicted octanol–water partition coefficient (Wildman–Crippen LogP) is 0.394. The van der Waals surface area contributed by atoms with Crippen LogP contribution in [0.2, 0.25) is 0 Å². The zero-order valence-electron chi connectivity index (χ0n) is 13.6. The molecule has 1 aromatic carbocycles. The molecular formula is C16H24N4O3. The Hall–Kier alpha value is -2.12. The van der Waals surface area contributed by atoms with Crippen molar-refractivity contribution in [2.24, 2.45) is 0 Å². The van der Waals surface area contributed by atoms with Gasteiger partial charge in [-0.25, -0.2) is 4.79 Å². The van der Waals surface area contributed by atoms with Crippen molar-refractivity contribution < 1.29 is 9.90 Å². The monoisotopic (exact) mass is 320 g/mol. The number of unbranched alkanes of at least 4 members (excludes halogenated alkanes) is 1. The Morgan fingerprint density at radius 3 is 2.83 bits per heavy atom. The lowest BCUT2D eigenvalue weighted by Gasteiger charge is -2.10. The van der Waals surface area contributed by atoms with Crippen molar-refractivity contribution in [1.29, 1.82) is 0 Å². The van der Waals surface area contributed by atoms with E-state index in [2.05, 4.69) is 10.3 Å². The minimum absolute atomic E-state index is 0.128. The van der Waals surface area contributed by atoms with E-state index in [9.17, 15) is 9.59 Å². The molecule has 0 spiro atoms. The molecule has 23 heavy (non-hydrogen) atoms. The normalized spacial score (nSPS) is 11.3. The van der Waals surface area contributed by atoms with E-state index in [-0.39, 0.29) is 18.2 Å². The smallest absolute Gasteiger partial charge is 0.326 e. The highest BCUT2D eigenvalue weighted by Gasteiger charge is 2.11. The molecule has 0 fully saturated rings. The number of aromatic amines is 1. The van der Waals surface area contributed by atoms with Gasteiger partial charge in [-0.3, -0.25) is 9.36 Å². The third-order valence-corrected chi connectivity index (χ3v) is 3.68. The lowest BCUT2D eigenvalue weighted by Crippen LogP contribution is -2.25. The number of likely N-dealkylation sites (N-methyl/N-ethyl adjacent to an activating group) is 1. The topological polar surface area (TPSA) is 90.4 Å². The number of aliphatic hydroxyl groups is 1. The van der Waals surface area contributed by atoms with Gasteiger partial charge in [-0.2, -0.15) is 0 Å². The van der Waals surface area contributed by atoms with Crippen molar-refractivity contribution >= 4 is 16.9 Å². The third kappa shape index (κ3) is 4.43. The summed E-state index contributed by atoms with van der Waals surface area (Å²) in [5.74, 6) is -0.169. The molecule has 7 heteroatoms. The summed E-state index contributed by atoms with van der Waals surface area (Å²) in [5.41, 5.74) is 1.83. The van der Waals surface area contributed by atoms with Gasteiger partial charge in [0, 0.05) is 31.8 Å². The van der Waals surface area contributed by atoms with Gasteiger partial charge in [0.05, 0.1) is 11.0 Å². The van der Waals surface area contributed by atoms with Gasteiger partial charge in [-0.05, 0) is 45.1 Å². The molecule has 7 nitrogen and oxygen atoms in total. The first kappa shape index (κ1) is 17.2. The van der Waals surface area contributed by atoms with Crippen LogP contribution in [0.3, 0.4) is 0 Å². The first-order valence-electron chi connectivity index (χ1n) is 7.79. The van der Waals surface area contributed by atoms with Crippen molar-refractivity contribution in [3.63, 3.8) is 0 Å². The number of carbonyl (C=O) groups excluding carboxylic acids is 1. The highest BCUT2D eigenvalue weighted by Crippen LogP contribution is 2.13. The van der Waals surface area contributed by atoms with Crippen LogP contribution in [0.4, 0.5) is 0 Å². The Balaban J connectivity index is 2.18. The number of hydrogen-bond donors (Lipinski definition) is 3. The molecule has 0 aliphatic carbocycles. The van der Waals surface area contributed by atoms with E-state index in [1.165, 1.54) is 0 Å². The van der Waals surface area contributed by atoms with Gasteiger partial charge in [-0.15, -0.1) is 0 Å². The Morgan fingerprint density at radius 2 is 2.13 bits per heavy atom. The van der Waals surface area contributed by atoms with E-state index in [0.29, 0.717) is 25.1 Å². The van der Waals surface area contributed by atoms with Crippen LogP contribution < -0.4 is 11.0 Å². The van der Waals surface area contributed by atoms with Crippen LogP contribution in [0.15, 0.2) is 23.0 Å². The molecule has 0 unspecified atom stereocenters. The van der Waals surface area contributed by atoms with Gasteiger partial charge in [-0.1, -0.05) is 0 Å². The molecule has 0 aliphatic rings. The SMILES string of the molecule is CN(C)CCn1c(=O)[nH]c2ccc(C(=O)NCCCCO)cc21. The van der Waals surface area contributed by atoms with Crippen molar-refractivity contribution in [1.82, 2.24) is 19.8 Å². The van der Waals surface area contributed by atoms with Crippen molar-refractivity contribution in [2.75, 3.05) is 33.8 Å². The Labute approximate surface area is 134 Å². The third-order valence-electron chi connectivity index (χ3n) is 3.68. The second-order valence-corrected chi connectivity index (χ2v) is 5.80. The summed E-state index contributed by atoms with van der Waals surface area (Å²) in [6.45, 7) is 1.96. The molecule has 1 heterocycles. The molecule has 2 aromatic rings. The van der Waals surface area contributed by atoms with Gasteiger partial charge in [0.25, 0.3) is 5.91 Å². The molecule has 3 N–H and O–H groups in total. The average molecular weight is 320 g/mol. The Morgan fingerprint density at radius 1 is 1.35 bits per heavy atom. The Kier molecular flexibility index (Phi) is 5.95. The van der Waals surface area contributed by atoms with Gasteiger partial charge in [0.15, 0.2) is 0 Å². The number of hydrogen-bond acceptors (Lipinski definition) is 4. The number of carbonyl (C=O) groups is 1. The number of H-pyrrole nitrogens is 1. The number of rotatable bonds is 8. The van der Waals surface area contributed by atoms with Crippen LogP contribution in [0.1, 0.15) is 23.2 Å². The quantitative estimate of drug-likeness (QED) is 0.614. The molecule has 0 bridgehead atoms. The fraction of sp³-hybridized carbons (Fsp3) is 0.500. The number of nitrogens with zero attached hydrogens (tertiary/aromatic N) is 2. The first-order chi connectivity index (χ1) is 11.0. The second kappa shape index (κ2) is 7.94. The predicted molar refractivity (Wildman–Crippen MR) is 89.8 cm³/mol. The summed E-state index contributed by atoms with van der Waals surface area (Å²) < 4.78 is 1.65. The minimum Gasteiger partial charge on any atom is -0.396 e. The van der Waals surface area contributed by atoms with Crippen LogP contribution in [0.5, 0.6) is 0 Å². The maximum absolute atomic E-state index is 12.2. The summed E-state index contributed by atoms with van der Waals surface area (Å²) >= 11 is 0. The van der Waals surface area contributed by atoms with Crippen LogP contribution in [-0.2, 0) is 6.54 Å². The van der Waals surface area contributed by atoms with E-state index in [4.69, 9.17) is 5.11 Å². The lowest BCUT2D eigenvalue weighted by molar-refractivity contribution is 0.0952. The van der Waals surface area contributed by atoms with Crippen molar-refractivity contribution in [2.45, 2.75) is 19.4 Å². The van der Waals surface area contributed by atoms with Crippen LogP contribution >= 0.6 is 0 Å². The molecule has 1 amide bonds. The largest absolute Gasteiger partial charge is 0.396 e. The molecule has 0 radical (unpaired) electrons. The minimum atomic E-state index is -0.169. The maximum Gasteiger partial charge on any atom is 0.326 e. The number of aromatic nitrogens is 2. The van der Waals surface area contributed by atoms with E-state index in [1.807, 2.05) is 19.0 Å². The first-order valence-corrected chi connectivity index (χ1v) is 7.79. The van der Waals surface area contributed by atoms with E-state index in [0.717, 1.165) is 24.0 Å². The highest BCUT2D eigenvalue weighted by atomic mass is 16.3. The summed E-state index contributed by atoms with van der Waals surface area (Å²) in [6, 6.07) is 5.20. The molecule has 0 atom stereocenters.